The smallest absolute Gasteiger partial charge is 0.0746 e. The van der Waals surface area contributed by atoms with Crippen molar-refractivity contribution in [2.45, 2.75) is 25.0 Å². The first-order chi connectivity index (χ1) is 5.33. The third kappa shape index (κ3) is 1.08. The third-order valence-corrected chi connectivity index (χ3v) is 3.11. The summed E-state index contributed by atoms with van der Waals surface area (Å²) in [5, 5.41) is 18.6. The highest BCUT2D eigenvalue weighted by Gasteiger charge is 2.40. The lowest BCUT2D eigenvalue weighted by Gasteiger charge is -2.48. The van der Waals surface area contributed by atoms with Gasteiger partial charge in [-0.1, -0.05) is 0 Å². The van der Waals surface area contributed by atoms with Crippen LogP contribution in [0.25, 0.3) is 0 Å². The van der Waals surface area contributed by atoms with E-state index in [1.165, 1.54) is 0 Å². The Morgan fingerprint density at radius 1 is 1.27 bits per heavy atom. The molecule has 3 aliphatic heterocycles. The zero-order chi connectivity index (χ0) is 7.84. The molecule has 0 aromatic carbocycles. The minimum absolute atomic E-state index is 0.0301. The monoisotopic (exact) mass is 157 g/mol. The normalized spacial score (nSPS) is 49.6. The van der Waals surface area contributed by atoms with Gasteiger partial charge in [-0.2, -0.15) is 0 Å². The molecule has 0 radical (unpaired) electrons. The second-order valence-electron chi connectivity index (χ2n) is 3.61. The van der Waals surface area contributed by atoms with E-state index in [0.29, 0.717) is 5.92 Å². The summed E-state index contributed by atoms with van der Waals surface area (Å²) < 4.78 is 0. The van der Waals surface area contributed by atoms with E-state index in [9.17, 15) is 5.11 Å². The topological polar surface area (TPSA) is 43.7 Å². The van der Waals surface area contributed by atoms with Crippen LogP contribution in [0.4, 0.5) is 0 Å². The van der Waals surface area contributed by atoms with Crippen molar-refractivity contribution in [3.05, 3.63) is 0 Å². The van der Waals surface area contributed by atoms with Crippen LogP contribution in [0, 0.1) is 5.92 Å². The molecule has 0 saturated carbocycles. The SMILES string of the molecule is OCC1C(O)C2CCN1CC2. The molecule has 0 spiro atoms. The van der Waals surface area contributed by atoms with Crippen molar-refractivity contribution in [2.75, 3.05) is 19.7 Å². The lowest BCUT2D eigenvalue weighted by molar-refractivity contribution is -0.0882. The van der Waals surface area contributed by atoms with Gasteiger partial charge in [0.15, 0.2) is 0 Å². The molecule has 2 N–H and O–H groups in total. The molecule has 0 aromatic rings. The molecule has 11 heavy (non-hydrogen) atoms. The largest absolute Gasteiger partial charge is 0.395 e. The Bertz CT molecular complexity index is 141. The fraction of sp³-hybridized carbons (Fsp3) is 1.00. The molecule has 64 valence electrons. The first-order valence-corrected chi connectivity index (χ1v) is 4.36. The van der Waals surface area contributed by atoms with Crippen molar-refractivity contribution in [3.63, 3.8) is 0 Å². The zero-order valence-corrected chi connectivity index (χ0v) is 6.61. The van der Waals surface area contributed by atoms with E-state index in [1.807, 2.05) is 0 Å². The molecule has 3 nitrogen and oxygen atoms in total. The van der Waals surface area contributed by atoms with Gasteiger partial charge in [-0.05, 0) is 31.8 Å². The van der Waals surface area contributed by atoms with Crippen LogP contribution in [-0.4, -0.2) is 47.0 Å². The minimum Gasteiger partial charge on any atom is -0.395 e. The summed E-state index contributed by atoms with van der Waals surface area (Å²) >= 11 is 0. The van der Waals surface area contributed by atoms with Crippen molar-refractivity contribution in [1.29, 1.82) is 0 Å². The summed E-state index contributed by atoms with van der Waals surface area (Å²) in [6.07, 6.45) is 1.94. The van der Waals surface area contributed by atoms with Crippen LogP contribution < -0.4 is 0 Å². The predicted molar refractivity (Wildman–Crippen MR) is 41.2 cm³/mol. The zero-order valence-electron chi connectivity index (χ0n) is 6.61. The summed E-state index contributed by atoms with van der Waals surface area (Å²) in [4.78, 5) is 2.20. The van der Waals surface area contributed by atoms with Crippen LogP contribution in [0.3, 0.4) is 0 Å². The number of aliphatic hydroxyl groups is 2. The Labute approximate surface area is 66.6 Å². The number of piperidine rings is 3. The Morgan fingerprint density at radius 3 is 2.27 bits per heavy atom. The molecular formula is C8H15NO2. The average Bonchev–Trinajstić information content (AvgIpc) is 2.06. The van der Waals surface area contributed by atoms with E-state index in [2.05, 4.69) is 4.90 Å². The number of nitrogens with zero attached hydrogens (tertiary/aromatic N) is 1. The van der Waals surface area contributed by atoms with Crippen molar-refractivity contribution in [3.8, 4) is 0 Å². The maximum Gasteiger partial charge on any atom is 0.0746 e. The van der Waals surface area contributed by atoms with E-state index < -0.39 is 0 Å². The molecule has 3 aliphatic rings. The van der Waals surface area contributed by atoms with E-state index in [4.69, 9.17) is 5.11 Å². The van der Waals surface area contributed by atoms with Crippen molar-refractivity contribution < 1.29 is 10.2 Å². The minimum atomic E-state index is -0.275. The summed E-state index contributed by atoms with van der Waals surface area (Å²) in [5.74, 6) is 0.456. The first kappa shape index (κ1) is 7.53. The molecule has 0 amide bonds. The van der Waals surface area contributed by atoms with E-state index in [0.717, 1.165) is 25.9 Å². The molecule has 3 heteroatoms. The average molecular weight is 157 g/mol. The highest BCUT2D eigenvalue weighted by atomic mass is 16.3. The van der Waals surface area contributed by atoms with Gasteiger partial charge in [-0.25, -0.2) is 0 Å². The van der Waals surface area contributed by atoms with Crippen LogP contribution >= 0.6 is 0 Å². The molecule has 3 saturated heterocycles. The lowest BCUT2D eigenvalue weighted by atomic mass is 9.81. The first-order valence-electron chi connectivity index (χ1n) is 4.36. The molecule has 0 aliphatic carbocycles. The lowest BCUT2D eigenvalue weighted by Crippen LogP contribution is -2.59. The van der Waals surface area contributed by atoms with Crippen LogP contribution in [-0.2, 0) is 0 Å². The Morgan fingerprint density at radius 2 is 1.91 bits per heavy atom. The molecule has 3 rings (SSSR count). The van der Waals surface area contributed by atoms with Gasteiger partial charge in [-0.15, -0.1) is 0 Å². The summed E-state index contributed by atoms with van der Waals surface area (Å²) in [6, 6.07) is 0.0301. The van der Waals surface area contributed by atoms with Gasteiger partial charge >= 0.3 is 0 Å². The van der Waals surface area contributed by atoms with Crippen LogP contribution in [0.1, 0.15) is 12.8 Å². The van der Waals surface area contributed by atoms with Crippen LogP contribution in [0.2, 0.25) is 0 Å². The molecule has 2 bridgehead atoms. The molecule has 3 fully saturated rings. The number of hydrogen-bond donors (Lipinski definition) is 2. The van der Waals surface area contributed by atoms with Gasteiger partial charge in [0.2, 0.25) is 0 Å². The molecule has 2 unspecified atom stereocenters. The van der Waals surface area contributed by atoms with Crippen molar-refractivity contribution in [2.24, 2.45) is 5.92 Å². The standard InChI is InChI=1S/C8H15NO2/c10-5-7-8(11)6-1-3-9(7)4-2-6/h6-8,10-11H,1-5H2. The number of aliphatic hydroxyl groups excluding tert-OH is 2. The Kier molecular flexibility index (Phi) is 1.87. The quantitative estimate of drug-likeness (QED) is 0.536. The van der Waals surface area contributed by atoms with Crippen molar-refractivity contribution in [1.82, 2.24) is 4.90 Å². The van der Waals surface area contributed by atoms with Gasteiger partial charge < -0.3 is 10.2 Å². The summed E-state index contributed by atoms with van der Waals surface area (Å²) in [7, 11) is 0. The highest BCUT2D eigenvalue weighted by molar-refractivity contribution is 4.94. The predicted octanol–water partition coefficient (Wildman–Crippen LogP) is -0.566. The molecule has 2 atom stereocenters. The van der Waals surface area contributed by atoms with Crippen molar-refractivity contribution >= 4 is 0 Å². The van der Waals surface area contributed by atoms with E-state index >= 15 is 0 Å². The fourth-order valence-electron chi connectivity index (χ4n) is 2.35. The number of fused-ring (bicyclic) bond motifs is 3. The molecule has 0 aromatic heterocycles. The third-order valence-electron chi connectivity index (χ3n) is 3.11. The van der Waals surface area contributed by atoms with E-state index in [-0.39, 0.29) is 18.8 Å². The van der Waals surface area contributed by atoms with E-state index in [1.54, 1.807) is 0 Å². The summed E-state index contributed by atoms with van der Waals surface area (Å²) in [6.45, 7) is 2.23. The van der Waals surface area contributed by atoms with Gasteiger partial charge in [0.05, 0.1) is 18.8 Å². The summed E-state index contributed by atoms with van der Waals surface area (Å²) in [5.41, 5.74) is 0. The Hall–Kier alpha value is -0.120. The Balaban J connectivity index is 2.10. The molecule has 3 heterocycles. The second-order valence-corrected chi connectivity index (χ2v) is 3.61. The maximum atomic E-state index is 9.66. The number of rotatable bonds is 1. The maximum absolute atomic E-state index is 9.66. The fourth-order valence-corrected chi connectivity index (χ4v) is 2.35. The van der Waals surface area contributed by atoms with Gasteiger partial charge in [0.1, 0.15) is 0 Å². The van der Waals surface area contributed by atoms with Gasteiger partial charge in [-0.3, -0.25) is 4.90 Å². The second kappa shape index (κ2) is 2.73. The molecular weight excluding hydrogens is 142 g/mol. The van der Waals surface area contributed by atoms with Crippen LogP contribution in [0.15, 0.2) is 0 Å². The number of hydrogen-bond acceptors (Lipinski definition) is 3. The van der Waals surface area contributed by atoms with Gasteiger partial charge in [0.25, 0.3) is 0 Å². The van der Waals surface area contributed by atoms with Crippen LogP contribution in [0.5, 0.6) is 0 Å². The highest BCUT2D eigenvalue weighted by Crippen LogP contribution is 2.31. The van der Waals surface area contributed by atoms with Gasteiger partial charge in [0, 0.05) is 0 Å².